The molecule has 1 fully saturated rings. The maximum Gasteiger partial charge on any atom is 0.252 e. The lowest BCUT2D eigenvalue weighted by atomic mass is 9.99. The summed E-state index contributed by atoms with van der Waals surface area (Å²) in [5.41, 5.74) is 4.63. The number of aryl methyl sites for hydroxylation is 1. The van der Waals surface area contributed by atoms with Gasteiger partial charge >= 0.3 is 0 Å². The maximum atomic E-state index is 12.5. The van der Waals surface area contributed by atoms with Gasteiger partial charge in [0.05, 0.1) is 5.56 Å². The standard InChI is InChI=1S/C23H30N4O.2ClH/c28-23(21-14-19(16-25-17-21)13-18-8-10-24-15-18)26-9-4-12-27-11-3-6-20-5-1-2-7-22(20)27;;/h1-2,5,7,14,16-18,24H,3-4,6,8-13,15H2,(H,26,28);2*1H. The van der Waals surface area contributed by atoms with E-state index in [1.54, 1.807) is 6.20 Å². The highest BCUT2D eigenvalue weighted by molar-refractivity contribution is 5.94. The number of aromatic nitrogens is 1. The van der Waals surface area contributed by atoms with Gasteiger partial charge in [-0.3, -0.25) is 9.78 Å². The van der Waals surface area contributed by atoms with Crippen LogP contribution in [0.15, 0.2) is 42.7 Å². The molecule has 2 aliphatic heterocycles. The Bertz CT molecular complexity index is 811. The van der Waals surface area contributed by atoms with Gasteiger partial charge in [0.2, 0.25) is 0 Å². The molecular weight excluding hydrogens is 419 g/mol. The minimum absolute atomic E-state index is 0. The third-order valence-electron chi connectivity index (χ3n) is 5.84. The van der Waals surface area contributed by atoms with Gasteiger partial charge in [-0.05, 0) is 74.4 Å². The molecular formula is C23H32Cl2N4O. The second kappa shape index (κ2) is 12.1. The van der Waals surface area contributed by atoms with Crippen LogP contribution in [0.3, 0.4) is 0 Å². The maximum absolute atomic E-state index is 12.5. The Labute approximate surface area is 191 Å². The molecule has 1 aromatic carbocycles. The van der Waals surface area contributed by atoms with Crippen LogP contribution in [0.25, 0.3) is 0 Å². The third kappa shape index (κ3) is 6.34. The number of anilines is 1. The SMILES string of the molecule is Cl.Cl.O=C(NCCCN1CCCc2ccccc21)c1cncc(CC2CCNC2)c1. The number of pyridine rings is 1. The van der Waals surface area contributed by atoms with E-state index in [1.807, 2.05) is 12.3 Å². The lowest BCUT2D eigenvalue weighted by Crippen LogP contribution is -2.33. The van der Waals surface area contributed by atoms with Crippen molar-refractivity contribution in [1.82, 2.24) is 15.6 Å². The van der Waals surface area contributed by atoms with Gasteiger partial charge in [-0.1, -0.05) is 18.2 Å². The van der Waals surface area contributed by atoms with Crippen LogP contribution in [0.5, 0.6) is 0 Å². The number of benzene rings is 1. The fourth-order valence-electron chi connectivity index (χ4n) is 4.36. The molecule has 2 aliphatic rings. The van der Waals surface area contributed by atoms with Crippen LogP contribution in [0.1, 0.15) is 40.7 Å². The summed E-state index contributed by atoms with van der Waals surface area (Å²) >= 11 is 0. The first-order valence-corrected chi connectivity index (χ1v) is 10.6. The zero-order valence-electron chi connectivity index (χ0n) is 17.3. The monoisotopic (exact) mass is 450 g/mol. The summed E-state index contributed by atoms with van der Waals surface area (Å²) in [6.07, 6.45) is 9.09. The molecule has 0 saturated carbocycles. The largest absolute Gasteiger partial charge is 0.371 e. The van der Waals surface area contributed by atoms with E-state index in [-0.39, 0.29) is 30.7 Å². The molecule has 1 atom stereocenters. The predicted octanol–water partition coefficient (Wildman–Crippen LogP) is 3.65. The zero-order chi connectivity index (χ0) is 19.2. The number of rotatable bonds is 7. The van der Waals surface area contributed by atoms with Crippen LogP contribution in [0.2, 0.25) is 0 Å². The Morgan fingerprint density at radius 1 is 1.23 bits per heavy atom. The Morgan fingerprint density at radius 3 is 2.93 bits per heavy atom. The number of nitrogens with zero attached hydrogens (tertiary/aromatic N) is 2. The van der Waals surface area contributed by atoms with E-state index in [4.69, 9.17) is 0 Å². The molecule has 5 nitrogen and oxygen atoms in total. The number of amides is 1. The molecule has 1 saturated heterocycles. The number of halogens is 2. The second-order valence-corrected chi connectivity index (χ2v) is 7.97. The van der Waals surface area contributed by atoms with Crippen LogP contribution >= 0.6 is 24.8 Å². The van der Waals surface area contributed by atoms with Gasteiger partial charge in [-0.25, -0.2) is 0 Å². The average molecular weight is 451 g/mol. The van der Waals surface area contributed by atoms with Gasteiger partial charge < -0.3 is 15.5 Å². The molecule has 2 aromatic rings. The van der Waals surface area contributed by atoms with E-state index in [9.17, 15) is 4.79 Å². The summed E-state index contributed by atoms with van der Waals surface area (Å²) in [6.45, 7) is 4.93. The highest BCUT2D eigenvalue weighted by Crippen LogP contribution is 2.26. The molecule has 7 heteroatoms. The quantitative estimate of drug-likeness (QED) is 0.631. The fourth-order valence-corrected chi connectivity index (χ4v) is 4.36. The molecule has 0 spiro atoms. The molecule has 0 aliphatic carbocycles. The van der Waals surface area contributed by atoms with E-state index in [1.165, 1.54) is 30.5 Å². The van der Waals surface area contributed by atoms with Crippen molar-refractivity contribution in [2.75, 3.05) is 37.6 Å². The first kappa shape index (κ1) is 24.4. The van der Waals surface area contributed by atoms with Crippen molar-refractivity contribution >= 4 is 36.4 Å². The zero-order valence-corrected chi connectivity index (χ0v) is 18.9. The van der Waals surface area contributed by atoms with Gasteiger partial charge in [-0.15, -0.1) is 24.8 Å². The van der Waals surface area contributed by atoms with Crippen LogP contribution < -0.4 is 15.5 Å². The molecule has 1 amide bonds. The number of fused-ring (bicyclic) bond motifs is 1. The Morgan fingerprint density at radius 2 is 2.10 bits per heavy atom. The summed E-state index contributed by atoms with van der Waals surface area (Å²) in [7, 11) is 0. The smallest absolute Gasteiger partial charge is 0.252 e. The molecule has 1 aromatic heterocycles. The van der Waals surface area contributed by atoms with Crippen molar-refractivity contribution < 1.29 is 4.79 Å². The summed E-state index contributed by atoms with van der Waals surface area (Å²) in [5, 5.41) is 6.46. The van der Waals surface area contributed by atoms with Crippen LogP contribution in [-0.4, -0.2) is 43.6 Å². The lowest BCUT2D eigenvalue weighted by Gasteiger charge is -2.31. The molecule has 0 radical (unpaired) electrons. The van der Waals surface area contributed by atoms with Gasteiger partial charge in [-0.2, -0.15) is 0 Å². The van der Waals surface area contributed by atoms with Crippen molar-refractivity contribution in [2.24, 2.45) is 5.92 Å². The molecule has 30 heavy (non-hydrogen) atoms. The first-order valence-electron chi connectivity index (χ1n) is 10.6. The van der Waals surface area contributed by atoms with Crippen LogP contribution in [0.4, 0.5) is 5.69 Å². The van der Waals surface area contributed by atoms with E-state index in [0.717, 1.165) is 44.6 Å². The summed E-state index contributed by atoms with van der Waals surface area (Å²) in [6, 6.07) is 10.7. The number of para-hydroxylation sites is 1. The van der Waals surface area contributed by atoms with Gasteiger partial charge in [0.15, 0.2) is 0 Å². The van der Waals surface area contributed by atoms with Crippen molar-refractivity contribution in [1.29, 1.82) is 0 Å². The first-order chi connectivity index (χ1) is 13.8. The average Bonchev–Trinajstić information content (AvgIpc) is 3.24. The molecule has 4 rings (SSSR count). The van der Waals surface area contributed by atoms with E-state index in [2.05, 4.69) is 44.8 Å². The van der Waals surface area contributed by atoms with E-state index >= 15 is 0 Å². The Hall–Kier alpha value is -1.82. The van der Waals surface area contributed by atoms with Crippen LogP contribution in [0, 0.1) is 5.92 Å². The van der Waals surface area contributed by atoms with Crippen molar-refractivity contribution in [3.05, 3.63) is 59.4 Å². The number of hydrogen-bond acceptors (Lipinski definition) is 4. The minimum Gasteiger partial charge on any atom is -0.371 e. The predicted molar refractivity (Wildman–Crippen MR) is 127 cm³/mol. The van der Waals surface area contributed by atoms with Crippen molar-refractivity contribution in [3.63, 3.8) is 0 Å². The third-order valence-corrected chi connectivity index (χ3v) is 5.84. The molecule has 164 valence electrons. The lowest BCUT2D eigenvalue weighted by molar-refractivity contribution is 0.0953. The minimum atomic E-state index is -0.0158. The number of nitrogens with one attached hydrogen (secondary N) is 2. The number of carbonyl (C=O) groups is 1. The molecule has 3 heterocycles. The van der Waals surface area contributed by atoms with Crippen molar-refractivity contribution in [3.8, 4) is 0 Å². The van der Waals surface area contributed by atoms with Crippen LogP contribution in [-0.2, 0) is 12.8 Å². The topological polar surface area (TPSA) is 57.3 Å². The van der Waals surface area contributed by atoms with Gasteiger partial charge in [0.1, 0.15) is 0 Å². The number of carbonyl (C=O) groups excluding carboxylic acids is 1. The van der Waals surface area contributed by atoms with E-state index in [0.29, 0.717) is 18.0 Å². The number of hydrogen-bond donors (Lipinski definition) is 2. The highest BCUT2D eigenvalue weighted by Gasteiger charge is 2.17. The highest BCUT2D eigenvalue weighted by atomic mass is 35.5. The molecule has 1 unspecified atom stereocenters. The van der Waals surface area contributed by atoms with Gasteiger partial charge in [0.25, 0.3) is 5.91 Å². The summed E-state index contributed by atoms with van der Waals surface area (Å²) < 4.78 is 0. The summed E-state index contributed by atoms with van der Waals surface area (Å²) in [5.74, 6) is 0.644. The molecule has 0 bridgehead atoms. The molecule has 2 N–H and O–H groups in total. The summed E-state index contributed by atoms with van der Waals surface area (Å²) in [4.78, 5) is 19.2. The Balaban J connectivity index is 0.00000160. The second-order valence-electron chi connectivity index (χ2n) is 7.97. The van der Waals surface area contributed by atoms with Crippen molar-refractivity contribution in [2.45, 2.75) is 32.1 Å². The normalized spacial score (nSPS) is 17.5. The Kier molecular flexibility index (Phi) is 9.89. The fraction of sp³-hybridized carbons (Fsp3) is 0.478. The van der Waals surface area contributed by atoms with Gasteiger partial charge in [0, 0.05) is 37.7 Å². The van der Waals surface area contributed by atoms with E-state index < -0.39 is 0 Å².